The zero-order valence-electron chi connectivity index (χ0n) is 12.1. The molecule has 3 heterocycles. The number of rotatable bonds is 3. The van der Waals surface area contributed by atoms with Crippen LogP contribution < -0.4 is 5.32 Å². The molecule has 3 aromatic heterocycles. The Labute approximate surface area is 136 Å². The summed E-state index contributed by atoms with van der Waals surface area (Å²) in [6, 6.07) is 15.3. The lowest BCUT2D eigenvalue weighted by molar-refractivity contribution is 0.102. The number of fused-ring (bicyclic) bond motifs is 1. The zero-order valence-corrected chi connectivity index (χ0v) is 12.9. The van der Waals surface area contributed by atoms with E-state index in [0.717, 1.165) is 27.2 Å². The minimum atomic E-state index is -0.100. The Hall–Kier alpha value is -2.92. The van der Waals surface area contributed by atoms with E-state index in [0.29, 0.717) is 5.56 Å². The monoisotopic (exact) mass is 319 g/mol. The highest BCUT2D eigenvalue weighted by Gasteiger charge is 2.13. The van der Waals surface area contributed by atoms with Crippen molar-refractivity contribution in [3.05, 3.63) is 71.9 Å². The maximum Gasteiger partial charge on any atom is 0.256 e. The number of hydrogen-bond acceptors (Lipinski definition) is 3. The van der Waals surface area contributed by atoms with Gasteiger partial charge in [-0.3, -0.25) is 4.79 Å². The molecule has 0 aliphatic heterocycles. The number of para-hydroxylation sites is 1. The maximum atomic E-state index is 12.3. The number of carbonyl (C=O) groups excluding carboxylic acids is 1. The first-order chi connectivity index (χ1) is 11.3. The van der Waals surface area contributed by atoms with Crippen LogP contribution in [-0.2, 0) is 0 Å². The normalized spacial score (nSPS) is 10.8. The van der Waals surface area contributed by atoms with Crippen LogP contribution in [0.1, 0.15) is 10.4 Å². The van der Waals surface area contributed by atoms with Crippen LogP contribution in [0.25, 0.3) is 21.5 Å². The molecule has 4 rings (SSSR count). The maximum absolute atomic E-state index is 12.3. The summed E-state index contributed by atoms with van der Waals surface area (Å²) >= 11 is 1.55. The number of anilines is 1. The average Bonchev–Trinajstić information content (AvgIpc) is 3.22. The Morgan fingerprint density at radius 1 is 1.13 bits per heavy atom. The lowest BCUT2D eigenvalue weighted by Gasteiger charge is -2.02. The Bertz CT molecular complexity index is 972. The lowest BCUT2D eigenvalue weighted by Crippen LogP contribution is -2.10. The fourth-order valence-corrected chi connectivity index (χ4v) is 3.40. The standard InChI is InChI=1S/C18H13N3OS/c22-18(21-13-5-2-1-3-6-13)12-9-16(23-11-12)15-10-20-17-14(15)7-4-8-19-17/h1-11H,(H,19,20)(H,21,22). The molecule has 0 radical (unpaired) electrons. The van der Waals surface area contributed by atoms with E-state index in [-0.39, 0.29) is 5.91 Å². The summed E-state index contributed by atoms with van der Waals surface area (Å²) in [5, 5.41) is 5.84. The second-order valence-corrected chi connectivity index (χ2v) is 6.03. The molecule has 0 bridgehead atoms. The summed E-state index contributed by atoms with van der Waals surface area (Å²) in [4.78, 5) is 20.8. The first-order valence-corrected chi connectivity index (χ1v) is 8.06. The highest BCUT2D eigenvalue weighted by atomic mass is 32.1. The summed E-state index contributed by atoms with van der Waals surface area (Å²) in [5.74, 6) is -0.100. The molecule has 0 saturated carbocycles. The number of pyridine rings is 1. The third-order valence-electron chi connectivity index (χ3n) is 3.61. The molecule has 0 unspecified atom stereocenters. The van der Waals surface area contributed by atoms with E-state index in [1.54, 1.807) is 17.5 Å². The molecule has 0 aliphatic rings. The molecule has 1 aromatic carbocycles. The van der Waals surface area contributed by atoms with Gasteiger partial charge in [-0.25, -0.2) is 4.98 Å². The van der Waals surface area contributed by atoms with Crippen molar-refractivity contribution in [2.75, 3.05) is 5.32 Å². The van der Waals surface area contributed by atoms with Crippen molar-refractivity contribution in [3.8, 4) is 10.4 Å². The van der Waals surface area contributed by atoms with Crippen LogP contribution in [0, 0.1) is 0 Å². The number of aromatic amines is 1. The van der Waals surface area contributed by atoms with Crippen LogP contribution in [-0.4, -0.2) is 15.9 Å². The molecule has 0 atom stereocenters. The van der Waals surface area contributed by atoms with Gasteiger partial charge in [-0.15, -0.1) is 11.3 Å². The highest BCUT2D eigenvalue weighted by molar-refractivity contribution is 7.14. The Balaban J connectivity index is 1.63. The second-order valence-electron chi connectivity index (χ2n) is 5.12. The molecular formula is C18H13N3OS. The molecule has 1 amide bonds. The lowest BCUT2D eigenvalue weighted by atomic mass is 10.1. The van der Waals surface area contributed by atoms with E-state index in [9.17, 15) is 4.79 Å². The largest absolute Gasteiger partial charge is 0.345 e. The zero-order chi connectivity index (χ0) is 15.6. The van der Waals surface area contributed by atoms with E-state index in [2.05, 4.69) is 15.3 Å². The Morgan fingerprint density at radius 2 is 2.00 bits per heavy atom. The fourth-order valence-electron chi connectivity index (χ4n) is 2.48. The van der Waals surface area contributed by atoms with Crippen LogP contribution in [0.2, 0.25) is 0 Å². The number of H-pyrrole nitrogens is 1. The third-order valence-corrected chi connectivity index (χ3v) is 4.57. The molecule has 0 fully saturated rings. The van der Waals surface area contributed by atoms with E-state index >= 15 is 0 Å². The Kier molecular flexibility index (Phi) is 3.40. The van der Waals surface area contributed by atoms with E-state index < -0.39 is 0 Å². The van der Waals surface area contributed by atoms with E-state index in [1.807, 2.05) is 60.1 Å². The summed E-state index contributed by atoms with van der Waals surface area (Å²) in [6.07, 6.45) is 3.69. The van der Waals surface area contributed by atoms with Crippen molar-refractivity contribution in [1.82, 2.24) is 9.97 Å². The van der Waals surface area contributed by atoms with Gasteiger partial charge < -0.3 is 10.3 Å². The molecule has 23 heavy (non-hydrogen) atoms. The minimum absolute atomic E-state index is 0.100. The van der Waals surface area contributed by atoms with Gasteiger partial charge in [-0.1, -0.05) is 18.2 Å². The van der Waals surface area contributed by atoms with Crippen LogP contribution in [0.15, 0.2) is 66.3 Å². The molecule has 0 aliphatic carbocycles. The molecule has 4 aromatic rings. The summed E-state index contributed by atoms with van der Waals surface area (Å²) in [5.41, 5.74) is 3.37. The molecule has 0 spiro atoms. The molecule has 5 heteroatoms. The number of carbonyl (C=O) groups is 1. The van der Waals surface area contributed by atoms with E-state index in [1.165, 1.54) is 0 Å². The van der Waals surface area contributed by atoms with Gasteiger partial charge in [0.25, 0.3) is 5.91 Å². The average molecular weight is 319 g/mol. The number of nitrogens with zero attached hydrogens (tertiary/aromatic N) is 1. The molecule has 2 N–H and O–H groups in total. The summed E-state index contributed by atoms with van der Waals surface area (Å²) < 4.78 is 0. The van der Waals surface area contributed by atoms with Crippen molar-refractivity contribution < 1.29 is 4.79 Å². The number of benzene rings is 1. The molecule has 4 nitrogen and oxygen atoms in total. The van der Waals surface area contributed by atoms with Crippen molar-refractivity contribution in [3.63, 3.8) is 0 Å². The number of amides is 1. The Morgan fingerprint density at radius 3 is 2.87 bits per heavy atom. The van der Waals surface area contributed by atoms with Crippen LogP contribution in [0.4, 0.5) is 5.69 Å². The quantitative estimate of drug-likeness (QED) is 0.582. The first kappa shape index (κ1) is 13.7. The van der Waals surface area contributed by atoms with Gasteiger partial charge in [0.2, 0.25) is 0 Å². The number of nitrogens with one attached hydrogen (secondary N) is 2. The number of hydrogen-bond donors (Lipinski definition) is 2. The highest BCUT2D eigenvalue weighted by Crippen LogP contribution is 2.32. The summed E-state index contributed by atoms with van der Waals surface area (Å²) in [6.45, 7) is 0. The first-order valence-electron chi connectivity index (χ1n) is 7.19. The molecular weight excluding hydrogens is 306 g/mol. The smallest absolute Gasteiger partial charge is 0.256 e. The van der Waals surface area contributed by atoms with Crippen LogP contribution in [0.5, 0.6) is 0 Å². The fraction of sp³-hybridized carbons (Fsp3) is 0. The third kappa shape index (κ3) is 2.62. The number of aromatic nitrogens is 2. The topological polar surface area (TPSA) is 57.8 Å². The van der Waals surface area contributed by atoms with Gasteiger partial charge in [0.1, 0.15) is 5.65 Å². The SMILES string of the molecule is O=C(Nc1ccccc1)c1csc(-c2c[nH]c3ncccc23)c1. The predicted octanol–water partition coefficient (Wildman–Crippen LogP) is 4.54. The van der Waals surface area contributed by atoms with Gasteiger partial charge >= 0.3 is 0 Å². The minimum Gasteiger partial charge on any atom is -0.345 e. The van der Waals surface area contributed by atoms with E-state index in [4.69, 9.17) is 0 Å². The number of thiophene rings is 1. The van der Waals surface area contributed by atoms with Crippen molar-refractivity contribution in [1.29, 1.82) is 0 Å². The molecule has 0 saturated heterocycles. The predicted molar refractivity (Wildman–Crippen MR) is 93.8 cm³/mol. The van der Waals surface area contributed by atoms with Crippen LogP contribution in [0.3, 0.4) is 0 Å². The summed E-state index contributed by atoms with van der Waals surface area (Å²) in [7, 11) is 0. The van der Waals surface area contributed by atoms with Gasteiger partial charge in [0.15, 0.2) is 0 Å². The molecule has 112 valence electrons. The van der Waals surface area contributed by atoms with Crippen molar-refractivity contribution in [2.24, 2.45) is 0 Å². The van der Waals surface area contributed by atoms with Gasteiger partial charge in [-0.05, 0) is 30.3 Å². The van der Waals surface area contributed by atoms with Gasteiger partial charge in [0, 0.05) is 39.3 Å². The van der Waals surface area contributed by atoms with Gasteiger partial charge in [-0.2, -0.15) is 0 Å². The van der Waals surface area contributed by atoms with Crippen molar-refractivity contribution >= 4 is 34.0 Å². The van der Waals surface area contributed by atoms with Gasteiger partial charge in [0.05, 0.1) is 5.56 Å². The second kappa shape index (κ2) is 5.70. The van der Waals surface area contributed by atoms with Crippen molar-refractivity contribution in [2.45, 2.75) is 0 Å². The van der Waals surface area contributed by atoms with Crippen LogP contribution >= 0.6 is 11.3 Å².